The number of fused-ring (bicyclic) bond motifs is 3. The van der Waals surface area contributed by atoms with E-state index in [2.05, 4.69) is 32.4 Å². The van der Waals surface area contributed by atoms with E-state index in [4.69, 9.17) is 0 Å². The lowest BCUT2D eigenvalue weighted by atomic mass is 9.80. The second-order valence-corrected chi connectivity index (χ2v) is 7.33. The lowest BCUT2D eigenvalue weighted by molar-refractivity contribution is -0.207. The number of tetrazole rings is 1. The molecule has 1 atom stereocenters. The summed E-state index contributed by atoms with van der Waals surface area (Å²) >= 11 is 0. The van der Waals surface area contributed by atoms with E-state index in [1.54, 1.807) is 0 Å². The molecule has 2 aromatic carbocycles. The molecule has 0 amide bonds. The van der Waals surface area contributed by atoms with Gasteiger partial charge in [-0.3, -0.25) is 4.98 Å². The van der Waals surface area contributed by atoms with Crippen molar-refractivity contribution >= 4 is 0 Å². The molecule has 1 unspecified atom stereocenters. The number of pyridine rings is 1. The number of hydrogen-bond donors (Lipinski definition) is 1. The summed E-state index contributed by atoms with van der Waals surface area (Å²) in [5.74, 6) is 1.39. The molecule has 1 aliphatic rings. The lowest BCUT2D eigenvalue weighted by Gasteiger charge is -2.39. The molecule has 1 N–H and O–H groups in total. The van der Waals surface area contributed by atoms with E-state index in [1.165, 1.54) is 12.3 Å². The Balaban J connectivity index is 1.53. The zero-order valence-corrected chi connectivity index (χ0v) is 16.4. The number of hydrogen-bond acceptors (Lipinski definition) is 5. The number of halogens is 3. The molecule has 6 nitrogen and oxygen atoms in total. The van der Waals surface area contributed by atoms with Gasteiger partial charge in [-0.1, -0.05) is 36.1 Å². The van der Waals surface area contributed by atoms with E-state index in [1.807, 2.05) is 30.3 Å². The van der Waals surface area contributed by atoms with Crippen LogP contribution in [0, 0.1) is 17.7 Å². The van der Waals surface area contributed by atoms with Gasteiger partial charge in [-0.2, -0.15) is 8.78 Å². The van der Waals surface area contributed by atoms with Crippen LogP contribution in [-0.2, 0) is 18.1 Å². The summed E-state index contributed by atoms with van der Waals surface area (Å²) in [5, 5.41) is 22.1. The number of nitrogens with zero attached hydrogens (tertiary/aromatic N) is 5. The predicted molar refractivity (Wildman–Crippen MR) is 108 cm³/mol. The molecule has 4 aromatic rings. The first-order valence-corrected chi connectivity index (χ1v) is 9.59. The Morgan fingerprint density at radius 1 is 1.00 bits per heavy atom. The molecule has 0 saturated heterocycles. The first kappa shape index (κ1) is 19.9. The Kier molecular flexibility index (Phi) is 4.53. The normalized spacial score (nSPS) is 17.1. The maximum Gasteiger partial charge on any atom is 0.323 e. The minimum absolute atomic E-state index is 0.00577. The first-order chi connectivity index (χ1) is 15.4. The van der Waals surface area contributed by atoms with Crippen LogP contribution >= 0.6 is 0 Å². The van der Waals surface area contributed by atoms with Crippen LogP contribution < -0.4 is 0 Å². The topological polar surface area (TPSA) is 76.7 Å². The minimum atomic E-state index is -3.84. The Bertz CT molecular complexity index is 1360. The molecule has 32 heavy (non-hydrogen) atoms. The summed E-state index contributed by atoms with van der Waals surface area (Å²) in [6.07, 6.45) is 1.22. The van der Waals surface area contributed by atoms with E-state index < -0.39 is 29.6 Å². The van der Waals surface area contributed by atoms with Crippen molar-refractivity contribution in [3.05, 3.63) is 95.1 Å². The molecule has 158 valence electrons. The monoisotopic (exact) mass is 433 g/mol. The Morgan fingerprint density at radius 3 is 2.53 bits per heavy atom. The van der Waals surface area contributed by atoms with E-state index in [0.717, 1.165) is 34.5 Å². The fourth-order valence-electron chi connectivity index (χ4n) is 3.67. The molecule has 1 aliphatic heterocycles. The maximum absolute atomic E-state index is 15.7. The molecule has 0 saturated carbocycles. The molecular formula is C23H14F3N5O. The smallest absolute Gasteiger partial charge is 0.323 e. The van der Waals surface area contributed by atoms with E-state index in [0.29, 0.717) is 5.56 Å². The number of aromatic nitrogens is 5. The van der Waals surface area contributed by atoms with E-state index in [9.17, 15) is 9.50 Å². The summed E-state index contributed by atoms with van der Waals surface area (Å²) < 4.78 is 46.2. The van der Waals surface area contributed by atoms with Crippen LogP contribution in [0.2, 0.25) is 0 Å². The molecule has 0 fully saturated rings. The molecule has 0 bridgehead atoms. The SMILES string of the molecule is OC1(C(F)(F)c2ccc(C#Cc3ccccc3)cn2)Cn2nnnc2-c2cc(F)ccc21. The largest absolute Gasteiger partial charge is 0.377 e. The first-order valence-electron chi connectivity index (χ1n) is 9.59. The summed E-state index contributed by atoms with van der Waals surface area (Å²) in [4.78, 5) is 3.87. The van der Waals surface area contributed by atoms with Crippen molar-refractivity contribution in [1.29, 1.82) is 0 Å². The standard InChI is InChI=1S/C23H14F3N5O/c24-17-9-10-19-18(12-17)21-28-29-30-31(21)14-22(19,32)23(25,26)20-11-8-16(13-27-20)7-6-15-4-2-1-3-5-15/h1-5,8-13,32H,14H2. The third-order valence-corrected chi connectivity index (χ3v) is 5.31. The van der Waals surface area contributed by atoms with Crippen molar-refractivity contribution in [2.75, 3.05) is 0 Å². The Hall–Kier alpha value is -4.03. The second kappa shape index (κ2) is 7.28. The van der Waals surface area contributed by atoms with Crippen LogP contribution in [0.25, 0.3) is 11.4 Å². The lowest BCUT2D eigenvalue weighted by Crippen LogP contribution is -2.49. The van der Waals surface area contributed by atoms with Gasteiger partial charge in [0.05, 0.1) is 6.54 Å². The highest BCUT2D eigenvalue weighted by molar-refractivity contribution is 5.64. The molecule has 0 radical (unpaired) electrons. The molecule has 0 aliphatic carbocycles. The van der Waals surface area contributed by atoms with Crippen molar-refractivity contribution in [2.24, 2.45) is 0 Å². The average Bonchev–Trinajstić information content (AvgIpc) is 3.27. The minimum Gasteiger partial charge on any atom is -0.377 e. The van der Waals surface area contributed by atoms with Crippen molar-refractivity contribution in [3.8, 4) is 23.2 Å². The second-order valence-electron chi connectivity index (χ2n) is 7.33. The van der Waals surface area contributed by atoms with Crippen LogP contribution in [0.1, 0.15) is 22.4 Å². The number of alkyl halides is 2. The van der Waals surface area contributed by atoms with Crippen molar-refractivity contribution in [1.82, 2.24) is 25.2 Å². The van der Waals surface area contributed by atoms with Crippen LogP contribution in [0.5, 0.6) is 0 Å². The van der Waals surface area contributed by atoms with E-state index >= 15 is 8.78 Å². The quantitative estimate of drug-likeness (QED) is 0.491. The van der Waals surface area contributed by atoms with Gasteiger partial charge >= 0.3 is 5.92 Å². The fourth-order valence-corrected chi connectivity index (χ4v) is 3.67. The third-order valence-electron chi connectivity index (χ3n) is 5.31. The van der Waals surface area contributed by atoms with Gasteiger partial charge in [-0.15, -0.1) is 5.10 Å². The zero-order chi connectivity index (χ0) is 22.3. The molecule has 3 heterocycles. The predicted octanol–water partition coefficient (Wildman–Crippen LogP) is 3.27. The average molecular weight is 433 g/mol. The fraction of sp³-hybridized carbons (Fsp3) is 0.130. The molecule has 2 aromatic heterocycles. The van der Waals surface area contributed by atoms with Crippen LogP contribution in [0.4, 0.5) is 13.2 Å². The van der Waals surface area contributed by atoms with Crippen LogP contribution in [0.3, 0.4) is 0 Å². The number of aliphatic hydroxyl groups is 1. The molecule has 0 spiro atoms. The van der Waals surface area contributed by atoms with Gasteiger partial charge in [-0.25, -0.2) is 9.07 Å². The van der Waals surface area contributed by atoms with Crippen molar-refractivity contribution < 1.29 is 18.3 Å². The van der Waals surface area contributed by atoms with Crippen molar-refractivity contribution in [2.45, 2.75) is 18.1 Å². The highest BCUT2D eigenvalue weighted by Gasteiger charge is 2.59. The van der Waals surface area contributed by atoms with Gasteiger partial charge < -0.3 is 5.11 Å². The highest BCUT2D eigenvalue weighted by Crippen LogP contribution is 2.50. The van der Waals surface area contributed by atoms with Gasteiger partial charge in [-0.05, 0) is 46.8 Å². The van der Waals surface area contributed by atoms with Crippen LogP contribution in [0.15, 0.2) is 66.9 Å². The number of rotatable bonds is 2. The van der Waals surface area contributed by atoms with Gasteiger partial charge in [0.1, 0.15) is 11.5 Å². The molecule has 5 rings (SSSR count). The van der Waals surface area contributed by atoms with Crippen LogP contribution in [-0.4, -0.2) is 30.3 Å². The van der Waals surface area contributed by atoms with Crippen molar-refractivity contribution in [3.63, 3.8) is 0 Å². The Labute approximate surface area is 180 Å². The summed E-state index contributed by atoms with van der Waals surface area (Å²) in [5.41, 5.74) is -2.37. The Morgan fingerprint density at radius 2 is 1.78 bits per heavy atom. The third kappa shape index (κ3) is 3.13. The van der Waals surface area contributed by atoms with Gasteiger partial charge in [0.2, 0.25) is 0 Å². The molecular weight excluding hydrogens is 419 g/mol. The summed E-state index contributed by atoms with van der Waals surface area (Å²) in [6.45, 7) is -0.627. The summed E-state index contributed by atoms with van der Waals surface area (Å²) in [6, 6.07) is 14.9. The summed E-state index contributed by atoms with van der Waals surface area (Å²) in [7, 11) is 0. The maximum atomic E-state index is 15.7. The number of benzene rings is 2. The zero-order valence-electron chi connectivity index (χ0n) is 16.4. The van der Waals surface area contributed by atoms with Gasteiger partial charge in [0.15, 0.2) is 11.4 Å². The molecule has 9 heteroatoms. The van der Waals surface area contributed by atoms with Gasteiger partial charge in [0, 0.05) is 28.5 Å². The van der Waals surface area contributed by atoms with E-state index in [-0.39, 0.29) is 17.0 Å². The van der Waals surface area contributed by atoms with Gasteiger partial charge in [0.25, 0.3) is 0 Å². The highest BCUT2D eigenvalue weighted by atomic mass is 19.3.